The maximum Gasteiger partial charge on any atom is 0.242 e. The first kappa shape index (κ1) is 15.0. The Morgan fingerprint density at radius 2 is 2.00 bits per heavy atom. The highest BCUT2D eigenvalue weighted by Crippen LogP contribution is 2.29. The van der Waals surface area contributed by atoms with Crippen molar-refractivity contribution in [3.63, 3.8) is 0 Å². The molecule has 1 heterocycles. The highest BCUT2D eigenvalue weighted by molar-refractivity contribution is 7.89. The number of rotatable bonds is 4. The van der Waals surface area contributed by atoms with Crippen LogP contribution >= 0.6 is 11.3 Å². The molecule has 0 amide bonds. The number of nitrogens with one attached hydrogen (secondary N) is 1. The molecule has 4 nitrogen and oxygen atoms in total. The lowest BCUT2D eigenvalue weighted by atomic mass is 9.88. The molecule has 19 heavy (non-hydrogen) atoms. The predicted octanol–water partition coefficient (Wildman–Crippen LogP) is 2.37. The number of sulfonamides is 1. The summed E-state index contributed by atoms with van der Waals surface area (Å²) in [6.45, 7) is 4.32. The molecule has 1 aliphatic carbocycles. The van der Waals surface area contributed by atoms with Gasteiger partial charge in [0.05, 0.1) is 0 Å². The summed E-state index contributed by atoms with van der Waals surface area (Å²) in [5, 5.41) is 1.86. The van der Waals surface area contributed by atoms with E-state index < -0.39 is 10.0 Å². The van der Waals surface area contributed by atoms with E-state index in [0.29, 0.717) is 10.8 Å². The second-order valence-corrected chi connectivity index (χ2v) is 8.07. The van der Waals surface area contributed by atoms with E-state index in [9.17, 15) is 8.42 Å². The molecule has 2 rings (SSSR count). The van der Waals surface area contributed by atoms with Crippen LogP contribution in [0.2, 0.25) is 0 Å². The van der Waals surface area contributed by atoms with Gasteiger partial charge in [-0.25, -0.2) is 13.1 Å². The molecule has 0 aliphatic heterocycles. The van der Waals surface area contributed by atoms with Crippen LogP contribution in [-0.4, -0.2) is 14.5 Å². The molecule has 1 fully saturated rings. The maximum absolute atomic E-state index is 12.5. The van der Waals surface area contributed by atoms with Crippen LogP contribution in [0.1, 0.15) is 43.0 Å². The molecule has 0 atom stereocenters. The second kappa shape index (κ2) is 5.91. The van der Waals surface area contributed by atoms with Crippen LogP contribution in [-0.2, 0) is 16.6 Å². The third-order valence-electron chi connectivity index (χ3n) is 3.78. The Balaban J connectivity index is 2.16. The monoisotopic (exact) mass is 302 g/mol. The minimum absolute atomic E-state index is 0.0751. The number of nitrogens with two attached hydrogens (primary N) is 1. The summed E-state index contributed by atoms with van der Waals surface area (Å²) in [6.07, 6.45) is 4.06. The zero-order valence-corrected chi connectivity index (χ0v) is 13.1. The summed E-state index contributed by atoms with van der Waals surface area (Å²) in [7, 11) is -3.43. The van der Waals surface area contributed by atoms with Crippen LogP contribution in [0.5, 0.6) is 0 Å². The Kier molecular flexibility index (Phi) is 4.66. The third kappa shape index (κ3) is 3.37. The molecular weight excluding hydrogens is 280 g/mol. The molecular formula is C13H22N2O2S2. The van der Waals surface area contributed by atoms with Gasteiger partial charge in [0.25, 0.3) is 0 Å². The fraction of sp³-hybridized carbons (Fsp3) is 0.692. The number of hydrogen-bond donors (Lipinski definition) is 2. The molecule has 1 aliphatic rings. The van der Waals surface area contributed by atoms with E-state index in [-0.39, 0.29) is 12.6 Å². The van der Waals surface area contributed by atoms with Gasteiger partial charge in [-0.1, -0.05) is 6.92 Å². The highest BCUT2D eigenvalue weighted by atomic mass is 32.2. The average Bonchev–Trinajstić information content (AvgIpc) is 2.74. The van der Waals surface area contributed by atoms with Gasteiger partial charge >= 0.3 is 0 Å². The van der Waals surface area contributed by atoms with Crippen molar-refractivity contribution in [2.45, 2.75) is 57.0 Å². The minimum Gasteiger partial charge on any atom is -0.326 e. The van der Waals surface area contributed by atoms with Crippen molar-refractivity contribution < 1.29 is 8.42 Å². The second-order valence-electron chi connectivity index (χ2n) is 5.45. The number of thiophene rings is 1. The van der Waals surface area contributed by atoms with Gasteiger partial charge in [0, 0.05) is 17.5 Å². The average molecular weight is 302 g/mol. The number of hydrogen-bond acceptors (Lipinski definition) is 4. The van der Waals surface area contributed by atoms with Gasteiger partial charge in [0.1, 0.15) is 4.90 Å². The first-order valence-electron chi connectivity index (χ1n) is 6.73. The van der Waals surface area contributed by atoms with E-state index in [1.807, 2.05) is 12.3 Å². The lowest BCUT2D eigenvalue weighted by molar-refractivity contribution is 0.332. The van der Waals surface area contributed by atoms with Crippen LogP contribution in [0.25, 0.3) is 0 Å². The lowest BCUT2D eigenvalue weighted by Gasteiger charge is -2.26. The van der Waals surface area contributed by atoms with Crippen LogP contribution in [0.15, 0.2) is 10.3 Å². The van der Waals surface area contributed by atoms with E-state index >= 15 is 0 Å². The van der Waals surface area contributed by atoms with Crippen LogP contribution < -0.4 is 10.5 Å². The summed E-state index contributed by atoms with van der Waals surface area (Å²) >= 11 is 1.42. The summed E-state index contributed by atoms with van der Waals surface area (Å²) in [5.41, 5.74) is 6.42. The topological polar surface area (TPSA) is 72.2 Å². The molecule has 1 aromatic heterocycles. The molecule has 0 unspecified atom stereocenters. The zero-order valence-electron chi connectivity index (χ0n) is 11.5. The van der Waals surface area contributed by atoms with Gasteiger partial charge in [-0.15, -0.1) is 11.3 Å². The van der Waals surface area contributed by atoms with Crippen LogP contribution in [0.4, 0.5) is 0 Å². The van der Waals surface area contributed by atoms with Crippen molar-refractivity contribution in [3.05, 3.63) is 15.8 Å². The first-order chi connectivity index (χ1) is 8.94. The third-order valence-corrected chi connectivity index (χ3v) is 6.79. The summed E-state index contributed by atoms with van der Waals surface area (Å²) in [5.74, 6) is 0.711. The minimum atomic E-state index is -3.43. The van der Waals surface area contributed by atoms with E-state index in [4.69, 9.17) is 5.73 Å². The Morgan fingerprint density at radius 1 is 1.37 bits per heavy atom. The summed E-state index contributed by atoms with van der Waals surface area (Å²) < 4.78 is 27.8. The van der Waals surface area contributed by atoms with Crippen molar-refractivity contribution >= 4 is 21.4 Å². The fourth-order valence-corrected chi connectivity index (χ4v) is 5.65. The lowest BCUT2D eigenvalue weighted by Crippen LogP contribution is -2.37. The molecule has 0 radical (unpaired) electrons. The SMILES string of the molecule is Cc1csc(CN)c1S(=O)(=O)NC1CCC(C)CC1. The van der Waals surface area contributed by atoms with Gasteiger partial charge in [0.2, 0.25) is 10.0 Å². The predicted molar refractivity (Wildman–Crippen MR) is 78.7 cm³/mol. The molecule has 0 saturated heterocycles. The van der Waals surface area contributed by atoms with E-state index in [2.05, 4.69) is 11.6 Å². The van der Waals surface area contributed by atoms with Crippen LogP contribution in [0, 0.1) is 12.8 Å². The Bertz CT molecular complexity index is 529. The molecule has 108 valence electrons. The largest absolute Gasteiger partial charge is 0.326 e. The normalized spacial score (nSPS) is 24.6. The smallest absolute Gasteiger partial charge is 0.242 e. The van der Waals surface area contributed by atoms with Gasteiger partial charge in [0.15, 0.2) is 0 Å². The Morgan fingerprint density at radius 3 is 2.58 bits per heavy atom. The zero-order chi connectivity index (χ0) is 14.0. The van der Waals surface area contributed by atoms with Gasteiger partial charge in [-0.3, -0.25) is 0 Å². The van der Waals surface area contributed by atoms with E-state index in [1.165, 1.54) is 11.3 Å². The van der Waals surface area contributed by atoms with Crippen molar-refractivity contribution in [2.24, 2.45) is 11.7 Å². The van der Waals surface area contributed by atoms with E-state index in [0.717, 1.165) is 36.1 Å². The molecule has 0 bridgehead atoms. The molecule has 1 saturated carbocycles. The fourth-order valence-electron chi connectivity index (χ4n) is 2.65. The van der Waals surface area contributed by atoms with Crippen molar-refractivity contribution in [2.75, 3.05) is 0 Å². The molecule has 3 N–H and O–H groups in total. The Labute approximate surface area is 119 Å². The van der Waals surface area contributed by atoms with Gasteiger partial charge in [-0.2, -0.15) is 0 Å². The van der Waals surface area contributed by atoms with Crippen molar-refractivity contribution in [3.8, 4) is 0 Å². The van der Waals surface area contributed by atoms with E-state index in [1.54, 1.807) is 0 Å². The quantitative estimate of drug-likeness (QED) is 0.897. The van der Waals surface area contributed by atoms with Gasteiger partial charge in [-0.05, 0) is 49.5 Å². The summed E-state index contributed by atoms with van der Waals surface area (Å²) in [6, 6.07) is 0.0751. The summed E-state index contributed by atoms with van der Waals surface area (Å²) in [4.78, 5) is 1.15. The number of aryl methyl sites for hydroxylation is 1. The standard InChI is InChI=1S/C13H22N2O2S2/c1-9-3-5-11(6-4-9)15-19(16,17)13-10(2)8-18-12(13)7-14/h8-9,11,15H,3-7,14H2,1-2H3. The van der Waals surface area contributed by atoms with Gasteiger partial charge < -0.3 is 5.73 Å². The molecule has 1 aromatic rings. The molecule has 6 heteroatoms. The maximum atomic E-state index is 12.5. The molecule has 0 aromatic carbocycles. The molecule has 0 spiro atoms. The highest BCUT2D eigenvalue weighted by Gasteiger charge is 2.27. The van der Waals surface area contributed by atoms with Crippen molar-refractivity contribution in [1.29, 1.82) is 0 Å². The van der Waals surface area contributed by atoms with Crippen LogP contribution in [0.3, 0.4) is 0 Å². The first-order valence-corrected chi connectivity index (χ1v) is 9.09. The van der Waals surface area contributed by atoms with Crippen molar-refractivity contribution in [1.82, 2.24) is 4.72 Å². The Hall–Kier alpha value is -0.430.